The van der Waals surface area contributed by atoms with Crippen LogP contribution in [0.5, 0.6) is 0 Å². The molecular weight excluding hydrogens is 418 g/mol. The molecule has 1 atom stereocenters. The van der Waals surface area contributed by atoms with Gasteiger partial charge in [-0.3, -0.25) is 24.0 Å². The van der Waals surface area contributed by atoms with Crippen LogP contribution in [-0.2, 0) is 17.8 Å². The van der Waals surface area contributed by atoms with Crippen molar-refractivity contribution in [2.75, 3.05) is 22.1 Å². The zero-order valence-corrected chi connectivity index (χ0v) is 19.7. The summed E-state index contributed by atoms with van der Waals surface area (Å²) >= 11 is 0. The van der Waals surface area contributed by atoms with Gasteiger partial charge >= 0.3 is 5.69 Å². The van der Waals surface area contributed by atoms with E-state index in [9.17, 15) is 14.4 Å². The molecule has 0 spiro atoms. The van der Waals surface area contributed by atoms with Gasteiger partial charge in [0.25, 0.3) is 5.56 Å². The summed E-state index contributed by atoms with van der Waals surface area (Å²) in [6, 6.07) is 8.32. The van der Waals surface area contributed by atoms with Crippen molar-refractivity contribution in [2.24, 2.45) is 0 Å². The number of benzene rings is 1. The topological polar surface area (TPSA) is 104 Å². The molecule has 4 rings (SSSR count). The van der Waals surface area contributed by atoms with Crippen molar-refractivity contribution in [2.45, 2.75) is 83.8 Å². The van der Waals surface area contributed by atoms with Gasteiger partial charge in [-0.25, -0.2) is 4.79 Å². The number of aromatic amines is 1. The van der Waals surface area contributed by atoms with Crippen molar-refractivity contribution in [3.8, 4) is 0 Å². The first-order valence-electron chi connectivity index (χ1n) is 12.2. The lowest BCUT2D eigenvalue weighted by molar-refractivity contribution is -0.117. The lowest BCUT2D eigenvalue weighted by Gasteiger charge is -2.39. The molecule has 1 amide bonds. The van der Waals surface area contributed by atoms with Gasteiger partial charge in [0.15, 0.2) is 5.69 Å². The van der Waals surface area contributed by atoms with E-state index in [2.05, 4.69) is 28.9 Å². The second-order valence-electron chi connectivity index (χ2n) is 9.34. The van der Waals surface area contributed by atoms with Crippen LogP contribution in [0.3, 0.4) is 0 Å². The van der Waals surface area contributed by atoms with Gasteiger partial charge in [-0.2, -0.15) is 0 Å². The number of nitrogens with one attached hydrogen (secondary N) is 1. The maximum atomic E-state index is 13.9. The number of nitrogens with two attached hydrogens (primary N) is 1. The Morgan fingerprint density at radius 1 is 1.18 bits per heavy atom. The smallest absolute Gasteiger partial charge is 0.330 e. The van der Waals surface area contributed by atoms with Gasteiger partial charge in [0, 0.05) is 24.3 Å². The molecule has 1 aliphatic heterocycles. The molecule has 178 valence electrons. The van der Waals surface area contributed by atoms with Gasteiger partial charge in [-0.05, 0) is 50.7 Å². The molecule has 1 aliphatic carbocycles. The summed E-state index contributed by atoms with van der Waals surface area (Å²) in [5.41, 5.74) is 7.74. The summed E-state index contributed by atoms with van der Waals surface area (Å²) in [4.78, 5) is 45.4. The number of unbranched alkanes of at least 4 members (excludes halogenated alkanes) is 1. The van der Waals surface area contributed by atoms with E-state index in [-0.39, 0.29) is 36.0 Å². The van der Waals surface area contributed by atoms with Gasteiger partial charge in [-0.15, -0.1) is 0 Å². The summed E-state index contributed by atoms with van der Waals surface area (Å²) < 4.78 is 1.40. The van der Waals surface area contributed by atoms with Crippen LogP contribution < -0.4 is 26.8 Å². The number of H-pyrrole nitrogens is 1. The lowest BCUT2D eigenvalue weighted by atomic mass is 9.96. The van der Waals surface area contributed by atoms with Crippen LogP contribution in [0.1, 0.15) is 64.4 Å². The first-order valence-corrected chi connectivity index (χ1v) is 12.2. The van der Waals surface area contributed by atoms with Crippen LogP contribution >= 0.6 is 0 Å². The first kappa shape index (κ1) is 23.1. The van der Waals surface area contributed by atoms with Crippen molar-refractivity contribution in [1.82, 2.24) is 9.55 Å². The molecule has 0 saturated heterocycles. The second kappa shape index (κ2) is 9.85. The quantitative estimate of drug-likeness (QED) is 0.671. The summed E-state index contributed by atoms with van der Waals surface area (Å²) in [5, 5.41) is 0. The highest BCUT2D eigenvalue weighted by molar-refractivity contribution is 5.99. The van der Waals surface area contributed by atoms with Crippen LogP contribution in [0.25, 0.3) is 0 Å². The minimum absolute atomic E-state index is 0.0875. The van der Waals surface area contributed by atoms with E-state index < -0.39 is 11.2 Å². The molecule has 0 unspecified atom stereocenters. The number of rotatable bonds is 7. The average Bonchev–Trinajstić information content (AvgIpc) is 3.32. The molecule has 8 heteroatoms. The van der Waals surface area contributed by atoms with Crippen molar-refractivity contribution in [3.63, 3.8) is 0 Å². The number of aromatic nitrogens is 2. The molecule has 2 heterocycles. The summed E-state index contributed by atoms with van der Waals surface area (Å²) in [5.74, 6) is -0.0621. The van der Waals surface area contributed by atoms with Crippen molar-refractivity contribution in [1.29, 1.82) is 0 Å². The summed E-state index contributed by atoms with van der Waals surface area (Å²) in [6.07, 6.45) is 7.26. The van der Waals surface area contributed by atoms with Gasteiger partial charge in [0.1, 0.15) is 5.82 Å². The van der Waals surface area contributed by atoms with E-state index in [0.717, 1.165) is 57.1 Å². The number of aryl methyl sites for hydroxylation is 1. The Hall–Kier alpha value is -3.03. The van der Waals surface area contributed by atoms with E-state index in [1.807, 2.05) is 19.1 Å². The molecule has 1 aromatic heterocycles. The van der Waals surface area contributed by atoms with Crippen LogP contribution in [-0.4, -0.2) is 34.1 Å². The van der Waals surface area contributed by atoms with E-state index in [0.29, 0.717) is 6.54 Å². The third kappa shape index (κ3) is 4.56. The number of nitrogen functional groups attached to an aromatic ring is 1. The highest BCUT2D eigenvalue weighted by Gasteiger charge is 2.35. The number of fused-ring (bicyclic) bond motifs is 1. The third-order valence-corrected chi connectivity index (χ3v) is 7.12. The summed E-state index contributed by atoms with van der Waals surface area (Å²) in [7, 11) is 0. The molecule has 3 N–H and O–H groups in total. The number of nitrogens with zero attached hydrogens (tertiary/aromatic N) is 3. The molecule has 1 saturated carbocycles. The maximum absolute atomic E-state index is 13.9. The van der Waals surface area contributed by atoms with Gasteiger partial charge in [0.2, 0.25) is 5.91 Å². The van der Waals surface area contributed by atoms with Crippen LogP contribution in [0, 0.1) is 0 Å². The van der Waals surface area contributed by atoms with E-state index in [1.54, 1.807) is 4.90 Å². The fraction of sp³-hybridized carbons (Fsp3) is 0.560. The third-order valence-electron chi connectivity index (χ3n) is 7.12. The molecule has 33 heavy (non-hydrogen) atoms. The molecule has 1 fully saturated rings. The van der Waals surface area contributed by atoms with Crippen LogP contribution in [0.4, 0.5) is 17.2 Å². The Balaban J connectivity index is 1.73. The molecular formula is C25H35N5O3. The number of para-hydroxylation sites is 1. The minimum atomic E-state index is -0.586. The Labute approximate surface area is 194 Å². The maximum Gasteiger partial charge on any atom is 0.330 e. The van der Waals surface area contributed by atoms with Crippen molar-refractivity contribution >= 4 is 23.1 Å². The SMILES string of the molecule is CCCCn1c(N)c(N(C(=O)CN2c3ccccc3CC[C@H]2C)C2CCCC2)c(=O)[nH]c1=O. The molecule has 1 aromatic carbocycles. The number of hydrogen-bond donors (Lipinski definition) is 2. The minimum Gasteiger partial charge on any atom is -0.383 e. The normalized spacial score (nSPS) is 18.4. The monoisotopic (exact) mass is 453 g/mol. The van der Waals surface area contributed by atoms with Crippen molar-refractivity contribution < 1.29 is 4.79 Å². The van der Waals surface area contributed by atoms with Gasteiger partial charge in [0.05, 0.1) is 6.54 Å². The predicted octanol–water partition coefficient (Wildman–Crippen LogP) is 3.04. The number of carbonyl (C=O) groups excluding carboxylic acids is 1. The zero-order chi connectivity index (χ0) is 23.5. The molecule has 0 radical (unpaired) electrons. The van der Waals surface area contributed by atoms with Gasteiger partial charge in [-0.1, -0.05) is 44.4 Å². The standard InChI is InChI=1S/C25H35N5O3/c1-3-4-15-28-23(26)22(24(32)27-25(28)33)30(19-10-6-7-11-19)21(31)16-29-17(2)13-14-18-9-5-8-12-20(18)29/h5,8-9,12,17,19H,3-4,6-7,10-11,13-16,26H2,1-2H3,(H,27,32,33)/t17-/m1/s1. The number of carbonyl (C=O) groups is 1. The van der Waals surface area contributed by atoms with Crippen molar-refractivity contribution in [3.05, 3.63) is 50.7 Å². The molecule has 2 aromatic rings. The molecule has 0 bridgehead atoms. The second-order valence-corrected chi connectivity index (χ2v) is 9.34. The molecule has 8 nitrogen and oxygen atoms in total. The van der Waals surface area contributed by atoms with Crippen LogP contribution in [0.2, 0.25) is 0 Å². The molecule has 2 aliphatic rings. The number of hydrogen-bond acceptors (Lipinski definition) is 5. The van der Waals surface area contributed by atoms with E-state index in [1.165, 1.54) is 10.1 Å². The number of amides is 1. The zero-order valence-electron chi connectivity index (χ0n) is 19.7. The fourth-order valence-electron chi connectivity index (χ4n) is 5.24. The lowest BCUT2D eigenvalue weighted by Crippen LogP contribution is -2.51. The predicted molar refractivity (Wildman–Crippen MR) is 132 cm³/mol. The van der Waals surface area contributed by atoms with E-state index >= 15 is 0 Å². The Bertz CT molecular complexity index is 1120. The summed E-state index contributed by atoms with van der Waals surface area (Å²) in [6.45, 7) is 4.74. The first-order chi connectivity index (χ1) is 15.9. The average molecular weight is 454 g/mol. The largest absolute Gasteiger partial charge is 0.383 e. The number of anilines is 3. The highest BCUT2D eigenvalue weighted by Crippen LogP contribution is 2.33. The Morgan fingerprint density at radius 2 is 1.91 bits per heavy atom. The Morgan fingerprint density at radius 3 is 2.64 bits per heavy atom. The fourth-order valence-corrected chi connectivity index (χ4v) is 5.24. The van der Waals surface area contributed by atoms with Crippen LogP contribution in [0.15, 0.2) is 33.9 Å². The van der Waals surface area contributed by atoms with Gasteiger partial charge < -0.3 is 10.6 Å². The van der Waals surface area contributed by atoms with E-state index in [4.69, 9.17) is 5.73 Å². The Kier molecular flexibility index (Phi) is 6.91. The highest BCUT2D eigenvalue weighted by atomic mass is 16.2.